The number of benzene rings is 2. The van der Waals surface area contributed by atoms with Crippen molar-refractivity contribution in [1.29, 1.82) is 0 Å². The van der Waals surface area contributed by atoms with Crippen molar-refractivity contribution in [1.82, 2.24) is 5.43 Å². The quantitative estimate of drug-likeness (QED) is 0.531. The van der Waals surface area contributed by atoms with Crippen LogP contribution in [-0.4, -0.2) is 32.4 Å². The maximum absolute atomic E-state index is 12.1. The Labute approximate surface area is 172 Å². The van der Waals surface area contributed by atoms with Gasteiger partial charge in [0.25, 0.3) is 5.91 Å². The Morgan fingerprint density at radius 3 is 2.21 bits per heavy atom. The van der Waals surface area contributed by atoms with Gasteiger partial charge in [0.2, 0.25) is 0 Å². The van der Waals surface area contributed by atoms with Gasteiger partial charge in [-0.25, -0.2) is 5.43 Å². The lowest BCUT2D eigenvalue weighted by Gasteiger charge is -2.19. The first kappa shape index (κ1) is 22.3. The Morgan fingerprint density at radius 1 is 1.00 bits per heavy atom. The highest BCUT2D eigenvalue weighted by atomic mass is 16.5. The summed E-state index contributed by atoms with van der Waals surface area (Å²) in [6.45, 7) is 8.31. The van der Waals surface area contributed by atoms with E-state index in [9.17, 15) is 4.79 Å². The molecule has 0 heterocycles. The number of ether oxygens (including phenoxy) is 3. The van der Waals surface area contributed by atoms with Crippen LogP contribution in [0.4, 0.5) is 0 Å². The molecule has 0 aliphatic heterocycles. The number of methoxy groups -OCH3 is 2. The molecule has 6 nitrogen and oxygen atoms in total. The van der Waals surface area contributed by atoms with Gasteiger partial charge >= 0.3 is 0 Å². The summed E-state index contributed by atoms with van der Waals surface area (Å²) in [5, 5.41) is 4.24. The molecular formula is C23H30N2O4. The molecule has 0 saturated carbocycles. The number of nitrogens with one attached hydrogen (secondary N) is 1. The lowest BCUT2D eigenvalue weighted by Crippen LogP contribution is -2.26. The first-order chi connectivity index (χ1) is 13.8. The minimum absolute atomic E-state index is 0.0747. The molecule has 2 aromatic rings. The Morgan fingerprint density at radius 2 is 1.66 bits per heavy atom. The van der Waals surface area contributed by atoms with Gasteiger partial charge in [0.1, 0.15) is 5.75 Å². The van der Waals surface area contributed by atoms with Crippen molar-refractivity contribution in [2.45, 2.75) is 39.5 Å². The Kier molecular flexibility index (Phi) is 7.65. The van der Waals surface area contributed by atoms with Gasteiger partial charge in [0, 0.05) is 5.56 Å². The number of hydrogen-bond acceptors (Lipinski definition) is 5. The van der Waals surface area contributed by atoms with Crippen LogP contribution in [0.2, 0.25) is 0 Å². The molecule has 0 spiro atoms. The standard InChI is InChI=1S/C23H30N2O4/c1-7-19(16-8-13-20(27-5)21(14-16)28-6)24-25-22(26)15-29-18-11-9-17(10-12-18)23(2,3)4/h8-14H,7,15H2,1-6H3,(H,25,26)/b24-19-. The van der Waals surface area contributed by atoms with E-state index in [1.165, 1.54) is 5.56 Å². The van der Waals surface area contributed by atoms with Crippen molar-refractivity contribution in [3.05, 3.63) is 53.6 Å². The van der Waals surface area contributed by atoms with E-state index in [4.69, 9.17) is 14.2 Å². The van der Waals surface area contributed by atoms with Gasteiger partial charge in [0.15, 0.2) is 18.1 Å². The highest BCUT2D eigenvalue weighted by Gasteiger charge is 2.13. The van der Waals surface area contributed by atoms with E-state index >= 15 is 0 Å². The highest BCUT2D eigenvalue weighted by molar-refractivity contribution is 6.01. The van der Waals surface area contributed by atoms with Gasteiger partial charge in [-0.1, -0.05) is 39.8 Å². The summed E-state index contributed by atoms with van der Waals surface area (Å²) in [5.41, 5.74) is 5.42. The van der Waals surface area contributed by atoms with Crippen molar-refractivity contribution in [2.75, 3.05) is 20.8 Å². The molecule has 6 heteroatoms. The molecule has 156 valence electrons. The number of rotatable bonds is 8. The Bertz CT molecular complexity index is 852. The van der Waals surface area contributed by atoms with Gasteiger partial charge in [-0.2, -0.15) is 5.10 Å². The minimum atomic E-state index is -0.323. The van der Waals surface area contributed by atoms with Crippen LogP contribution in [0.3, 0.4) is 0 Å². The number of carbonyl (C=O) groups is 1. The topological polar surface area (TPSA) is 69.2 Å². The van der Waals surface area contributed by atoms with E-state index in [-0.39, 0.29) is 17.9 Å². The normalized spacial score (nSPS) is 11.7. The van der Waals surface area contributed by atoms with Gasteiger partial charge in [-0.15, -0.1) is 0 Å². The average molecular weight is 399 g/mol. The van der Waals surface area contributed by atoms with E-state index in [1.54, 1.807) is 14.2 Å². The van der Waals surface area contributed by atoms with E-state index in [1.807, 2.05) is 49.4 Å². The lowest BCUT2D eigenvalue weighted by molar-refractivity contribution is -0.123. The fourth-order valence-electron chi connectivity index (χ4n) is 2.73. The summed E-state index contributed by atoms with van der Waals surface area (Å²) in [5.74, 6) is 1.57. The first-order valence-corrected chi connectivity index (χ1v) is 9.59. The number of amides is 1. The third-order valence-electron chi connectivity index (χ3n) is 4.46. The van der Waals surface area contributed by atoms with Crippen LogP contribution >= 0.6 is 0 Å². The van der Waals surface area contributed by atoms with Gasteiger partial charge in [-0.3, -0.25) is 4.79 Å². The third-order valence-corrected chi connectivity index (χ3v) is 4.46. The zero-order chi connectivity index (χ0) is 21.4. The molecule has 0 unspecified atom stereocenters. The number of nitrogens with zero attached hydrogens (tertiary/aromatic N) is 1. The molecule has 1 amide bonds. The van der Waals surface area contributed by atoms with E-state index in [2.05, 4.69) is 31.3 Å². The molecule has 1 N–H and O–H groups in total. The zero-order valence-electron chi connectivity index (χ0n) is 18.0. The maximum atomic E-state index is 12.1. The second-order valence-corrected chi connectivity index (χ2v) is 7.58. The highest BCUT2D eigenvalue weighted by Crippen LogP contribution is 2.28. The van der Waals surface area contributed by atoms with E-state index in [0.29, 0.717) is 23.7 Å². The molecule has 2 aromatic carbocycles. The summed E-state index contributed by atoms with van der Waals surface area (Å²) in [7, 11) is 3.17. The molecule has 0 bridgehead atoms. The van der Waals surface area contributed by atoms with Gasteiger partial charge in [-0.05, 0) is 47.7 Å². The molecule has 0 radical (unpaired) electrons. The molecule has 0 atom stereocenters. The SMILES string of the molecule is CC/C(=N/NC(=O)COc1ccc(C(C)(C)C)cc1)c1ccc(OC)c(OC)c1. The molecular weight excluding hydrogens is 368 g/mol. The summed E-state index contributed by atoms with van der Waals surface area (Å²) < 4.78 is 16.1. The number of hydrogen-bond donors (Lipinski definition) is 1. The molecule has 0 saturated heterocycles. The van der Waals surface area contributed by atoms with Crippen LogP contribution in [0.5, 0.6) is 17.2 Å². The molecule has 29 heavy (non-hydrogen) atoms. The smallest absolute Gasteiger partial charge is 0.277 e. The fourth-order valence-corrected chi connectivity index (χ4v) is 2.73. The summed E-state index contributed by atoms with van der Waals surface area (Å²) in [6, 6.07) is 13.3. The average Bonchev–Trinajstić information content (AvgIpc) is 2.72. The molecule has 0 fully saturated rings. The second-order valence-electron chi connectivity index (χ2n) is 7.58. The van der Waals surface area contributed by atoms with Crippen molar-refractivity contribution in [3.63, 3.8) is 0 Å². The van der Waals surface area contributed by atoms with Crippen LogP contribution in [0.1, 0.15) is 45.2 Å². The second kappa shape index (κ2) is 9.96. The number of carbonyl (C=O) groups excluding carboxylic acids is 1. The fraction of sp³-hybridized carbons (Fsp3) is 0.391. The van der Waals surface area contributed by atoms with Gasteiger partial charge in [0.05, 0.1) is 19.9 Å². The molecule has 2 rings (SSSR count). The van der Waals surface area contributed by atoms with Crippen LogP contribution in [-0.2, 0) is 10.2 Å². The zero-order valence-corrected chi connectivity index (χ0v) is 18.0. The first-order valence-electron chi connectivity index (χ1n) is 9.59. The molecule has 0 aliphatic carbocycles. The Hall–Kier alpha value is -3.02. The summed E-state index contributed by atoms with van der Waals surface area (Å²) in [6.07, 6.45) is 0.644. The van der Waals surface area contributed by atoms with Crippen molar-refractivity contribution in [3.8, 4) is 17.2 Å². The van der Waals surface area contributed by atoms with E-state index in [0.717, 1.165) is 11.3 Å². The van der Waals surface area contributed by atoms with Crippen LogP contribution in [0, 0.1) is 0 Å². The third kappa shape index (κ3) is 6.24. The Balaban J connectivity index is 1.98. The predicted octanol–water partition coefficient (Wildman–Crippen LogP) is 4.31. The minimum Gasteiger partial charge on any atom is -0.493 e. The largest absolute Gasteiger partial charge is 0.493 e. The van der Waals surface area contributed by atoms with Crippen molar-refractivity contribution in [2.24, 2.45) is 5.10 Å². The van der Waals surface area contributed by atoms with Crippen LogP contribution in [0.25, 0.3) is 0 Å². The van der Waals surface area contributed by atoms with E-state index < -0.39 is 0 Å². The maximum Gasteiger partial charge on any atom is 0.277 e. The molecule has 0 aromatic heterocycles. The number of hydrazone groups is 1. The monoisotopic (exact) mass is 398 g/mol. The van der Waals surface area contributed by atoms with Gasteiger partial charge < -0.3 is 14.2 Å². The van der Waals surface area contributed by atoms with Crippen molar-refractivity contribution >= 4 is 11.6 Å². The van der Waals surface area contributed by atoms with Crippen LogP contribution < -0.4 is 19.6 Å². The summed E-state index contributed by atoms with van der Waals surface area (Å²) >= 11 is 0. The lowest BCUT2D eigenvalue weighted by atomic mass is 9.87. The van der Waals surface area contributed by atoms with Crippen molar-refractivity contribution < 1.29 is 19.0 Å². The molecule has 0 aliphatic rings. The summed E-state index contributed by atoms with van der Waals surface area (Å²) in [4.78, 5) is 12.1. The predicted molar refractivity (Wildman–Crippen MR) is 115 cm³/mol. The van der Waals surface area contributed by atoms with Crippen LogP contribution in [0.15, 0.2) is 47.6 Å².